The summed E-state index contributed by atoms with van der Waals surface area (Å²) < 4.78 is 0. The third-order valence-electron chi connectivity index (χ3n) is 0. The van der Waals surface area contributed by atoms with E-state index < -0.39 is 17.9 Å². The maximum Gasteiger partial charge on any atom is 0.0383 e. The first-order valence-electron chi connectivity index (χ1n) is 2.72. The third kappa shape index (κ3) is 445. The summed E-state index contributed by atoms with van der Waals surface area (Å²) >= 11 is 0. The maximum atomic E-state index is 8.89. The van der Waals surface area contributed by atoms with Crippen molar-refractivity contribution in [2.45, 2.75) is 20.8 Å². The lowest BCUT2D eigenvalue weighted by Gasteiger charge is -1.77. The molecule has 96 valence electrons. The van der Waals surface area contributed by atoms with Gasteiger partial charge in [-0.25, -0.2) is 0 Å². The largest absolute Gasteiger partial charge is 0.550 e. The molecule has 0 aromatic heterocycles. The fraction of sp³-hybridized carbons (Fsp3) is 0.500. The second kappa shape index (κ2) is 29.5. The summed E-state index contributed by atoms with van der Waals surface area (Å²) in [6, 6.07) is 0. The molecule has 0 bridgehead atoms. The molecule has 9 heteroatoms. The van der Waals surface area contributed by atoms with E-state index in [9.17, 15) is 0 Å². The molecule has 0 spiro atoms. The Labute approximate surface area is 87.9 Å². The zero-order valence-corrected chi connectivity index (χ0v) is 9.95. The molecule has 0 amide bonds. The van der Waals surface area contributed by atoms with Gasteiger partial charge in [0, 0.05) is 17.9 Å². The van der Waals surface area contributed by atoms with Crippen molar-refractivity contribution in [3.63, 3.8) is 0 Å². The summed E-state index contributed by atoms with van der Waals surface area (Å²) in [6.45, 7) is 2.92. The van der Waals surface area contributed by atoms with Gasteiger partial charge in [-0.1, -0.05) is 0 Å². The quantitative estimate of drug-likeness (QED) is 0.403. The van der Waals surface area contributed by atoms with Gasteiger partial charge in [-0.15, -0.1) is 0 Å². The van der Waals surface area contributed by atoms with Gasteiger partial charge in [-0.2, -0.15) is 0 Å². The molecule has 0 atom stereocenters. The highest BCUT2D eigenvalue weighted by atomic mass is 16.4. The van der Waals surface area contributed by atoms with Crippen molar-refractivity contribution in [1.82, 2.24) is 18.5 Å². The molecule has 0 aliphatic rings. The van der Waals surface area contributed by atoms with Crippen LogP contribution in [-0.4, -0.2) is 17.9 Å². The molecule has 0 unspecified atom stereocenters. The van der Waals surface area contributed by atoms with E-state index in [0.717, 1.165) is 20.8 Å². The number of carbonyl (C=O) groups is 3. The summed E-state index contributed by atoms with van der Waals surface area (Å²) in [5.74, 6) is -3.25. The Kier molecular flexibility index (Phi) is 74.2. The predicted molar refractivity (Wildman–Crippen MR) is 50.0 cm³/mol. The topological polar surface area (TPSA) is 230 Å². The third-order valence-corrected chi connectivity index (χ3v) is 0. The summed E-state index contributed by atoms with van der Waals surface area (Å²) in [5, 5.41) is 26.7. The van der Waals surface area contributed by atoms with Crippen molar-refractivity contribution < 1.29 is 29.7 Å². The Bertz CT molecular complexity index is 120. The summed E-state index contributed by atoms with van der Waals surface area (Å²) in [4.78, 5) is 26.7. The van der Waals surface area contributed by atoms with Crippen LogP contribution in [0.15, 0.2) is 0 Å². The number of carbonyl (C=O) groups excluding carboxylic acids is 3. The van der Waals surface area contributed by atoms with Crippen LogP contribution in [0.4, 0.5) is 0 Å². The van der Waals surface area contributed by atoms with Crippen molar-refractivity contribution in [1.29, 1.82) is 0 Å². The minimum absolute atomic E-state index is 0. The number of rotatable bonds is 0. The normalized spacial score (nSPS) is 5.00. The first-order valence-corrected chi connectivity index (χ1v) is 2.72. The standard InChI is InChI=1S/3C2H4O2.3H3N/c3*1-2(3)4;;;/h3*1H3,(H,3,4);3*1H3. The van der Waals surface area contributed by atoms with Gasteiger partial charge in [0.05, 0.1) is 0 Å². The number of hydrogen-bond donors (Lipinski definition) is 3. The molecular weight excluding hydrogens is 210 g/mol. The average molecular weight is 231 g/mol. The van der Waals surface area contributed by atoms with Crippen LogP contribution in [0.1, 0.15) is 20.8 Å². The minimum Gasteiger partial charge on any atom is -0.550 e. The van der Waals surface area contributed by atoms with Crippen LogP contribution in [0.2, 0.25) is 0 Å². The number of hydrogen-bond acceptors (Lipinski definition) is 6. The number of quaternary nitrogens is 3. The van der Waals surface area contributed by atoms with Crippen molar-refractivity contribution in [3.8, 4) is 0 Å². The molecule has 12 N–H and O–H groups in total. The van der Waals surface area contributed by atoms with E-state index in [1.165, 1.54) is 0 Å². The van der Waals surface area contributed by atoms with Gasteiger partial charge in [0.2, 0.25) is 0 Å². The minimum atomic E-state index is -1.08. The molecule has 0 aliphatic carbocycles. The van der Waals surface area contributed by atoms with Crippen molar-refractivity contribution in [3.05, 3.63) is 0 Å². The summed E-state index contributed by atoms with van der Waals surface area (Å²) in [6.07, 6.45) is 0. The maximum absolute atomic E-state index is 8.89. The highest BCUT2D eigenvalue weighted by Crippen LogP contribution is 1.31. The Hall–Kier alpha value is -1.71. The molecule has 9 nitrogen and oxygen atoms in total. The van der Waals surface area contributed by atoms with Crippen molar-refractivity contribution in [2.24, 2.45) is 0 Å². The van der Waals surface area contributed by atoms with Gasteiger partial charge in [-0.05, 0) is 20.8 Å². The van der Waals surface area contributed by atoms with Crippen LogP contribution in [-0.2, 0) is 14.4 Å². The van der Waals surface area contributed by atoms with E-state index in [1.807, 2.05) is 0 Å². The van der Waals surface area contributed by atoms with E-state index >= 15 is 0 Å². The second-order valence-corrected chi connectivity index (χ2v) is 1.47. The van der Waals surface area contributed by atoms with E-state index in [1.54, 1.807) is 0 Å². The van der Waals surface area contributed by atoms with Gasteiger partial charge >= 0.3 is 0 Å². The molecule has 15 heavy (non-hydrogen) atoms. The zero-order chi connectivity index (χ0) is 10.7. The van der Waals surface area contributed by atoms with Crippen LogP contribution in [0.3, 0.4) is 0 Å². The van der Waals surface area contributed by atoms with Gasteiger partial charge in [-0.3, -0.25) is 0 Å². The van der Waals surface area contributed by atoms with Crippen molar-refractivity contribution in [2.75, 3.05) is 0 Å². The smallest absolute Gasteiger partial charge is 0.0383 e. The number of carboxylic acid groups (broad SMARTS) is 3. The zero-order valence-electron chi connectivity index (χ0n) is 9.95. The fourth-order valence-electron chi connectivity index (χ4n) is 0. The monoisotopic (exact) mass is 231 g/mol. The lowest BCUT2D eigenvalue weighted by Crippen LogP contribution is -2.16. The Morgan fingerprint density at radius 1 is 0.600 bits per heavy atom. The molecule has 0 saturated heterocycles. The Morgan fingerprint density at radius 2 is 0.600 bits per heavy atom. The predicted octanol–water partition coefficient (Wildman–Crippen LogP) is -2.60. The first kappa shape index (κ1) is 37.8. The van der Waals surface area contributed by atoms with Crippen LogP contribution in [0.5, 0.6) is 0 Å². The Morgan fingerprint density at radius 3 is 0.600 bits per heavy atom. The van der Waals surface area contributed by atoms with Crippen LogP contribution >= 0.6 is 0 Å². The Balaban J connectivity index is -0.0000000184. The lowest BCUT2D eigenvalue weighted by atomic mass is 10.9. The van der Waals surface area contributed by atoms with E-state index in [2.05, 4.69) is 0 Å². The SMILES string of the molecule is CC(=O)[O-].CC(=O)[O-].CC(=O)[O-].[NH4+].[NH4+].[NH4+]. The van der Waals surface area contributed by atoms with Crippen LogP contribution in [0, 0.1) is 0 Å². The average Bonchev–Trinajstić information content (AvgIpc) is 1.54. The molecule has 0 rings (SSSR count). The van der Waals surface area contributed by atoms with Gasteiger partial charge < -0.3 is 48.2 Å². The lowest BCUT2D eigenvalue weighted by molar-refractivity contribution is -0.303. The van der Waals surface area contributed by atoms with E-state index in [0.29, 0.717) is 0 Å². The van der Waals surface area contributed by atoms with Crippen LogP contribution < -0.4 is 33.8 Å². The van der Waals surface area contributed by atoms with E-state index in [4.69, 9.17) is 29.7 Å². The fourth-order valence-corrected chi connectivity index (χ4v) is 0. The number of carboxylic acids is 3. The summed E-state index contributed by atoms with van der Waals surface area (Å²) in [7, 11) is 0. The highest BCUT2D eigenvalue weighted by Gasteiger charge is 1.47. The molecule has 0 aromatic rings. The van der Waals surface area contributed by atoms with Gasteiger partial charge in [0.15, 0.2) is 0 Å². The second-order valence-electron chi connectivity index (χ2n) is 1.47. The first-order chi connectivity index (χ1) is 5.20. The summed E-state index contributed by atoms with van der Waals surface area (Å²) in [5.41, 5.74) is 0. The molecular formula is C6H21N3O6. The number of aliphatic carboxylic acids is 3. The molecule has 0 fully saturated rings. The highest BCUT2D eigenvalue weighted by molar-refractivity contribution is 5.60. The molecule has 0 radical (unpaired) electrons. The molecule has 0 aromatic carbocycles. The molecule has 0 aliphatic heterocycles. The molecule has 0 heterocycles. The van der Waals surface area contributed by atoms with Crippen molar-refractivity contribution >= 4 is 17.9 Å². The van der Waals surface area contributed by atoms with Crippen LogP contribution in [0.25, 0.3) is 0 Å². The molecule has 0 saturated carbocycles. The van der Waals surface area contributed by atoms with Gasteiger partial charge in [0.1, 0.15) is 0 Å². The van der Waals surface area contributed by atoms with E-state index in [-0.39, 0.29) is 18.5 Å². The van der Waals surface area contributed by atoms with Gasteiger partial charge in [0.25, 0.3) is 0 Å².